The maximum Gasteiger partial charge on any atom is 0.178 e. The van der Waals surface area contributed by atoms with Crippen molar-refractivity contribution in [3.8, 4) is 6.07 Å². The van der Waals surface area contributed by atoms with Gasteiger partial charge in [0.2, 0.25) is 0 Å². The Hall–Kier alpha value is -2.16. The van der Waals surface area contributed by atoms with E-state index in [-0.39, 0.29) is 50.6 Å². The molecule has 0 aromatic carbocycles. The van der Waals surface area contributed by atoms with Gasteiger partial charge in [-0.3, -0.25) is 9.79 Å². The zero-order chi connectivity index (χ0) is 32.4. The minimum Gasteiger partial charge on any atom is -0.300 e. The van der Waals surface area contributed by atoms with E-state index in [4.69, 9.17) is 0 Å². The number of nitriles is 1. The van der Waals surface area contributed by atoms with Crippen LogP contribution in [0, 0.1) is 55.7 Å². The second-order valence-electron chi connectivity index (χ2n) is 16.3. The Morgan fingerprint density at radius 1 is 1.02 bits per heavy atom. The van der Waals surface area contributed by atoms with Crippen molar-refractivity contribution >= 4 is 17.4 Å². The largest absolute Gasteiger partial charge is 0.300 e. The molecule has 0 spiro atoms. The highest BCUT2D eigenvalue weighted by Gasteiger charge is 2.63. The fraction of sp³-hybridized carbons (Fsp3) is 0.833. The highest BCUT2D eigenvalue weighted by atomic mass is 16.1. The Bertz CT molecular complexity index is 1150. The molecule has 2 aliphatic carbocycles. The van der Waals surface area contributed by atoms with Crippen LogP contribution in [-0.4, -0.2) is 31.5 Å². The first kappa shape index (κ1) is 36.0. The minimum absolute atomic E-state index is 0.0105. The molecule has 1 fully saturated rings. The number of amidine groups is 1. The van der Waals surface area contributed by atoms with E-state index >= 15 is 0 Å². The lowest BCUT2D eigenvalue weighted by atomic mass is 9.39. The van der Waals surface area contributed by atoms with Gasteiger partial charge in [0.1, 0.15) is 11.9 Å². The van der Waals surface area contributed by atoms with E-state index in [1.807, 2.05) is 27.0 Å². The van der Waals surface area contributed by atoms with Crippen LogP contribution in [0.3, 0.4) is 0 Å². The van der Waals surface area contributed by atoms with Gasteiger partial charge in [0.05, 0.1) is 5.57 Å². The number of carbonyl (C=O) groups is 2. The van der Waals surface area contributed by atoms with Gasteiger partial charge in [-0.1, -0.05) is 81.7 Å². The molecule has 0 aliphatic heterocycles. The lowest BCUT2D eigenvalue weighted by Crippen LogP contribution is -2.60. The molecular weight excluding hydrogens is 520 g/mol. The smallest absolute Gasteiger partial charge is 0.178 e. The average molecular weight is 581 g/mol. The molecule has 2 rings (SSSR count). The summed E-state index contributed by atoms with van der Waals surface area (Å²) in [6.07, 6.45) is 10.5. The Morgan fingerprint density at radius 3 is 2.12 bits per heavy atom. The average Bonchev–Trinajstić information content (AvgIpc) is 2.89. The maximum absolute atomic E-state index is 13.3. The third-order valence-corrected chi connectivity index (χ3v) is 12.1. The molecule has 0 amide bonds. The van der Waals surface area contributed by atoms with Gasteiger partial charge in [0, 0.05) is 31.3 Å². The number of hydrogen-bond acceptors (Lipinski definition) is 5. The molecule has 5 atom stereocenters. The lowest BCUT2D eigenvalue weighted by Gasteiger charge is -2.64. The molecule has 42 heavy (non-hydrogen) atoms. The van der Waals surface area contributed by atoms with Gasteiger partial charge >= 0.3 is 0 Å². The fourth-order valence-corrected chi connectivity index (χ4v) is 8.87. The minimum atomic E-state index is -0.642. The molecule has 6 nitrogen and oxygen atoms in total. The molecule has 0 heterocycles. The predicted molar refractivity (Wildman–Crippen MR) is 173 cm³/mol. The van der Waals surface area contributed by atoms with Crippen LogP contribution in [0.15, 0.2) is 26.9 Å². The molecule has 236 valence electrons. The van der Waals surface area contributed by atoms with Crippen LogP contribution in [0.4, 0.5) is 0 Å². The zero-order valence-corrected chi connectivity index (χ0v) is 29.2. The summed E-state index contributed by atoms with van der Waals surface area (Å²) in [5.41, 5.74) is -1.11. The molecule has 0 unspecified atom stereocenters. The molecule has 0 radical (unpaired) electrons. The molecule has 2 aliphatic rings. The van der Waals surface area contributed by atoms with Gasteiger partial charge in [-0.2, -0.15) is 10.4 Å². The SMILES string of the molecule is CCCC(C)(C)CC[C@@](C)(CCC(C)(C)[C@]1(C)CC[C@H]2C(C)(C)C(=O)C(C#N)=C[C@]2(C)[C@H]1CC(C)=O)C(N=NC)=NC. The van der Waals surface area contributed by atoms with Crippen molar-refractivity contribution in [2.75, 3.05) is 14.1 Å². The summed E-state index contributed by atoms with van der Waals surface area (Å²) in [6, 6.07) is 2.21. The summed E-state index contributed by atoms with van der Waals surface area (Å²) in [7, 11) is 3.53. The standard InChI is InChI=1S/C36H60N4O2/c1-14-16-31(3,4)18-20-34(9,30(38-12)40-39-13)21-19-32(5,6)36(11)17-15-27-33(7,8)29(42)26(24-37)23-35(27,10)28(36)22-25(2)41/h23,27-28H,14-22H2,1-13H3/t27-,28+,34-,35-,36+/m0/s1. The van der Waals surface area contributed by atoms with Crippen LogP contribution in [0.5, 0.6) is 0 Å². The van der Waals surface area contributed by atoms with Gasteiger partial charge in [-0.25, -0.2) is 0 Å². The number of aliphatic imine (C=N–C) groups is 1. The number of nitrogens with zero attached hydrogens (tertiary/aromatic N) is 4. The molecule has 6 heteroatoms. The molecular formula is C36H60N4O2. The van der Waals surface area contributed by atoms with Gasteiger partial charge in [-0.05, 0) is 85.4 Å². The first-order valence-corrected chi connectivity index (χ1v) is 16.2. The Kier molecular flexibility index (Phi) is 11.0. The molecule has 0 aromatic heterocycles. The van der Waals surface area contributed by atoms with Gasteiger partial charge < -0.3 is 4.79 Å². The van der Waals surface area contributed by atoms with Crippen molar-refractivity contribution in [3.05, 3.63) is 11.6 Å². The summed E-state index contributed by atoms with van der Waals surface area (Å²) in [5, 5.41) is 18.6. The van der Waals surface area contributed by atoms with E-state index in [1.165, 1.54) is 12.8 Å². The molecule has 0 saturated heterocycles. The van der Waals surface area contributed by atoms with E-state index < -0.39 is 10.8 Å². The normalized spacial score (nSPS) is 30.0. The van der Waals surface area contributed by atoms with E-state index in [0.717, 1.165) is 44.4 Å². The van der Waals surface area contributed by atoms with Crippen molar-refractivity contribution in [2.24, 2.45) is 59.5 Å². The Labute approximate surface area is 257 Å². The summed E-state index contributed by atoms with van der Waals surface area (Å²) < 4.78 is 0. The number of allylic oxidation sites excluding steroid dienone is 2. The van der Waals surface area contributed by atoms with Crippen LogP contribution in [0.2, 0.25) is 0 Å². The van der Waals surface area contributed by atoms with Gasteiger partial charge in [0.15, 0.2) is 11.6 Å². The molecule has 0 bridgehead atoms. The summed E-state index contributed by atoms with van der Waals surface area (Å²) in [4.78, 5) is 30.8. The van der Waals surface area contributed by atoms with Gasteiger partial charge in [0.25, 0.3) is 0 Å². The predicted octanol–water partition coefficient (Wildman–Crippen LogP) is 9.59. The van der Waals surface area contributed by atoms with E-state index in [2.05, 4.69) is 76.7 Å². The van der Waals surface area contributed by atoms with E-state index in [1.54, 1.807) is 14.0 Å². The summed E-state index contributed by atoms with van der Waals surface area (Å²) in [5.74, 6) is 1.00. The maximum atomic E-state index is 13.3. The van der Waals surface area contributed by atoms with Crippen LogP contribution in [-0.2, 0) is 9.59 Å². The molecule has 0 N–H and O–H groups in total. The van der Waals surface area contributed by atoms with Crippen LogP contribution in [0.1, 0.15) is 134 Å². The third kappa shape index (κ3) is 6.81. The highest BCUT2D eigenvalue weighted by Crippen LogP contribution is 2.68. The summed E-state index contributed by atoms with van der Waals surface area (Å²) >= 11 is 0. The topological polar surface area (TPSA) is 95.0 Å². The van der Waals surface area contributed by atoms with Crippen molar-refractivity contribution in [2.45, 2.75) is 134 Å². The lowest BCUT2D eigenvalue weighted by molar-refractivity contribution is -0.155. The second kappa shape index (κ2) is 12.8. The Balaban J connectivity index is 2.57. The van der Waals surface area contributed by atoms with Crippen molar-refractivity contribution in [1.82, 2.24) is 0 Å². The third-order valence-electron chi connectivity index (χ3n) is 12.1. The Morgan fingerprint density at radius 2 is 1.62 bits per heavy atom. The number of rotatable bonds is 12. The fourth-order valence-electron chi connectivity index (χ4n) is 8.87. The number of Topliss-reactive ketones (excluding diaryl/α,β-unsaturated/α-hetero) is 2. The second-order valence-corrected chi connectivity index (χ2v) is 16.3. The number of hydrogen-bond donors (Lipinski definition) is 0. The highest BCUT2D eigenvalue weighted by molar-refractivity contribution is 6.04. The molecule has 0 aromatic rings. The summed E-state index contributed by atoms with van der Waals surface area (Å²) in [6.45, 7) is 24.3. The first-order chi connectivity index (χ1) is 19.2. The van der Waals surface area contributed by atoms with Crippen molar-refractivity contribution < 1.29 is 9.59 Å². The number of fused-ring (bicyclic) bond motifs is 1. The van der Waals surface area contributed by atoms with Gasteiger partial charge in [-0.15, -0.1) is 5.11 Å². The quantitative estimate of drug-likeness (QED) is 0.131. The molecule has 1 saturated carbocycles. The monoisotopic (exact) mass is 580 g/mol. The van der Waals surface area contributed by atoms with Crippen molar-refractivity contribution in [3.63, 3.8) is 0 Å². The number of azo groups is 1. The van der Waals surface area contributed by atoms with Crippen LogP contribution in [0.25, 0.3) is 0 Å². The number of carbonyl (C=O) groups excluding carboxylic acids is 2. The van der Waals surface area contributed by atoms with Crippen molar-refractivity contribution in [1.29, 1.82) is 5.26 Å². The number of ketones is 2. The van der Waals surface area contributed by atoms with E-state index in [9.17, 15) is 14.9 Å². The van der Waals surface area contributed by atoms with Crippen LogP contribution < -0.4 is 0 Å². The van der Waals surface area contributed by atoms with E-state index in [0.29, 0.717) is 6.42 Å². The zero-order valence-electron chi connectivity index (χ0n) is 29.2. The first-order valence-electron chi connectivity index (χ1n) is 16.2. The van der Waals surface area contributed by atoms with Crippen LogP contribution >= 0.6 is 0 Å².